The molecule has 0 aromatic heterocycles. The molecule has 0 saturated carbocycles. The topological polar surface area (TPSA) is 32.3 Å². The average Bonchev–Trinajstić information content (AvgIpc) is 1.84. The fraction of sp³-hybridized carbons (Fsp3) is 1.00. The first kappa shape index (κ1) is 8.78. The van der Waals surface area contributed by atoms with Gasteiger partial charge in [-0.25, -0.2) is 8.78 Å². The van der Waals surface area contributed by atoms with Gasteiger partial charge in [0, 0.05) is 13.0 Å². The molecule has 0 bridgehead atoms. The maximum Gasteiger partial charge on any atom is 0.271 e. The lowest BCUT2D eigenvalue weighted by Crippen LogP contribution is -2.26. The van der Waals surface area contributed by atoms with Gasteiger partial charge < -0.3 is 10.4 Å². The van der Waals surface area contributed by atoms with Crippen LogP contribution in [0.3, 0.4) is 0 Å². The Kier molecular flexibility index (Phi) is 3.65. The molecule has 0 radical (unpaired) electrons. The Morgan fingerprint density at radius 2 is 2.11 bits per heavy atom. The lowest BCUT2D eigenvalue weighted by Gasteiger charge is -2.11. The zero-order chi connectivity index (χ0) is 7.33. The minimum atomic E-state index is -2.91. The zero-order valence-corrected chi connectivity index (χ0v) is 5.32. The highest BCUT2D eigenvalue weighted by molar-refractivity contribution is 4.64. The average molecular weight is 139 g/mol. The summed E-state index contributed by atoms with van der Waals surface area (Å²) >= 11 is 0. The van der Waals surface area contributed by atoms with E-state index in [0.717, 1.165) is 0 Å². The van der Waals surface area contributed by atoms with E-state index < -0.39 is 12.5 Å². The largest absolute Gasteiger partial charge is 0.390 e. The molecule has 0 spiro atoms. The van der Waals surface area contributed by atoms with Crippen LogP contribution in [0.15, 0.2) is 0 Å². The third kappa shape index (κ3) is 4.29. The van der Waals surface area contributed by atoms with Gasteiger partial charge in [-0.3, -0.25) is 0 Å². The number of halogens is 2. The van der Waals surface area contributed by atoms with E-state index in [0.29, 0.717) is 0 Å². The Balaban J connectivity index is 3.33. The molecule has 0 fully saturated rings. The summed E-state index contributed by atoms with van der Waals surface area (Å²) in [5.41, 5.74) is 0. The van der Waals surface area contributed by atoms with Crippen molar-refractivity contribution < 1.29 is 13.9 Å². The van der Waals surface area contributed by atoms with E-state index in [-0.39, 0.29) is 13.0 Å². The SMILES string of the molecule is CNCCC(F)(F)CO. The second kappa shape index (κ2) is 3.74. The summed E-state index contributed by atoms with van der Waals surface area (Å²) in [5.74, 6) is -2.91. The lowest BCUT2D eigenvalue weighted by atomic mass is 10.2. The van der Waals surface area contributed by atoms with Crippen LogP contribution in [0.1, 0.15) is 6.42 Å². The Labute approximate surface area is 52.9 Å². The first-order chi connectivity index (χ1) is 4.12. The number of hydrogen-bond donors (Lipinski definition) is 2. The van der Waals surface area contributed by atoms with Gasteiger partial charge in [-0.2, -0.15) is 0 Å². The summed E-state index contributed by atoms with van der Waals surface area (Å²) < 4.78 is 24.1. The first-order valence-corrected chi connectivity index (χ1v) is 2.75. The van der Waals surface area contributed by atoms with Gasteiger partial charge in [-0.05, 0) is 7.05 Å². The Bertz CT molecular complexity index is 77.4. The van der Waals surface area contributed by atoms with Crippen LogP contribution in [-0.4, -0.2) is 31.2 Å². The Morgan fingerprint density at radius 3 is 2.44 bits per heavy atom. The second-order valence-electron chi connectivity index (χ2n) is 1.87. The molecule has 0 atom stereocenters. The number of rotatable bonds is 4. The fourth-order valence-corrected chi connectivity index (χ4v) is 0.387. The molecule has 9 heavy (non-hydrogen) atoms. The van der Waals surface area contributed by atoms with E-state index >= 15 is 0 Å². The van der Waals surface area contributed by atoms with E-state index in [2.05, 4.69) is 5.32 Å². The molecule has 0 aliphatic heterocycles. The van der Waals surface area contributed by atoms with Crippen LogP contribution in [0.2, 0.25) is 0 Å². The summed E-state index contributed by atoms with van der Waals surface area (Å²) in [6, 6.07) is 0. The third-order valence-corrected chi connectivity index (χ3v) is 0.972. The predicted octanol–water partition coefficient (Wildman–Crippen LogP) is 0.224. The molecule has 0 rings (SSSR count). The molecule has 0 aromatic rings. The van der Waals surface area contributed by atoms with Crippen molar-refractivity contribution >= 4 is 0 Å². The normalized spacial score (nSPS) is 12.0. The van der Waals surface area contributed by atoms with Crippen LogP contribution < -0.4 is 5.32 Å². The maximum atomic E-state index is 12.0. The standard InChI is InChI=1S/C5H11F2NO/c1-8-3-2-5(6,7)4-9/h8-9H,2-4H2,1H3. The molecule has 2 nitrogen and oxygen atoms in total. The molecule has 4 heteroatoms. The fourth-order valence-electron chi connectivity index (χ4n) is 0.387. The summed E-state index contributed by atoms with van der Waals surface area (Å²) in [4.78, 5) is 0. The van der Waals surface area contributed by atoms with Gasteiger partial charge >= 0.3 is 0 Å². The van der Waals surface area contributed by atoms with Gasteiger partial charge in [0.25, 0.3) is 5.92 Å². The second-order valence-corrected chi connectivity index (χ2v) is 1.87. The summed E-state index contributed by atoms with van der Waals surface area (Å²) in [6.07, 6.45) is -0.306. The van der Waals surface area contributed by atoms with Gasteiger partial charge in [0.15, 0.2) is 0 Å². The summed E-state index contributed by atoms with van der Waals surface area (Å²) in [7, 11) is 1.59. The smallest absolute Gasteiger partial charge is 0.271 e. The summed E-state index contributed by atoms with van der Waals surface area (Å²) in [6.45, 7) is -0.831. The maximum absolute atomic E-state index is 12.0. The lowest BCUT2D eigenvalue weighted by molar-refractivity contribution is -0.0552. The Morgan fingerprint density at radius 1 is 1.56 bits per heavy atom. The van der Waals surface area contributed by atoms with E-state index in [1.807, 2.05) is 0 Å². The van der Waals surface area contributed by atoms with Gasteiger partial charge in [0.05, 0.1) is 0 Å². The van der Waals surface area contributed by atoms with E-state index in [9.17, 15) is 8.78 Å². The van der Waals surface area contributed by atoms with Crippen molar-refractivity contribution in [3.05, 3.63) is 0 Å². The number of aliphatic hydroxyl groups excluding tert-OH is 1. The zero-order valence-electron chi connectivity index (χ0n) is 5.32. The van der Waals surface area contributed by atoms with Crippen LogP contribution in [-0.2, 0) is 0 Å². The van der Waals surface area contributed by atoms with Crippen molar-refractivity contribution in [3.63, 3.8) is 0 Å². The van der Waals surface area contributed by atoms with Crippen LogP contribution in [0.25, 0.3) is 0 Å². The number of nitrogens with one attached hydrogen (secondary N) is 1. The van der Waals surface area contributed by atoms with E-state index in [1.165, 1.54) is 0 Å². The summed E-state index contributed by atoms with van der Waals surface area (Å²) in [5, 5.41) is 10.6. The molecule has 0 aromatic carbocycles. The molecule has 0 aliphatic rings. The highest BCUT2D eigenvalue weighted by Gasteiger charge is 2.26. The molecule has 0 heterocycles. The molecule has 0 saturated heterocycles. The minimum Gasteiger partial charge on any atom is -0.390 e. The van der Waals surface area contributed by atoms with Crippen molar-refractivity contribution in [2.45, 2.75) is 12.3 Å². The Hall–Kier alpha value is -0.220. The molecule has 0 aliphatic carbocycles. The van der Waals surface area contributed by atoms with Gasteiger partial charge in [-0.1, -0.05) is 0 Å². The number of alkyl halides is 2. The van der Waals surface area contributed by atoms with E-state index in [4.69, 9.17) is 5.11 Å². The van der Waals surface area contributed by atoms with Crippen molar-refractivity contribution in [2.24, 2.45) is 0 Å². The van der Waals surface area contributed by atoms with Crippen molar-refractivity contribution in [2.75, 3.05) is 20.2 Å². The molecule has 56 valence electrons. The molecular formula is C5H11F2NO. The number of aliphatic hydroxyl groups is 1. The van der Waals surface area contributed by atoms with Gasteiger partial charge in [0.1, 0.15) is 6.61 Å². The van der Waals surface area contributed by atoms with Crippen LogP contribution in [0.4, 0.5) is 8.78 Å². The van der Waals surface area contributed by atoms with Gasteiger partial charge in [0.2, 0.25) is 0 Å². The first-order valence-electron chi connectivity index (χ1n) is 2.75. The third-order valence-electron chi connectivity index (χ3n) is 0.972. The van der Waals surface area contributed by atoms with Crippen LogP contribution in [0.5, 0.6) is 0 Å². The number of hydrogen-bond acceptors (Lipinski definition) is 2. The van der Waals surface area contributed by atoms with Crippen molar-refractivity contribution in [1.82, 2.24) is 5.32 Å². The predicted molar refractivity (Wildman–Crippen MR) is 30.6 cm³/mol. The highest BCUT2D eigenvalue weighted by Crippen LogP contribution is 2.15. The van der Waals surface area contributed by atoms with Gasteiger partial charge in [-0.15, -0.1) is 0 Å². The van der Waals surface area contributed by atoms with Crippen molar-refractivity contribution in [3.8, 4) is 0 Å². The van der Waals surface area contributed by atoms with E-state index in [1.54, 1.807) is 7.05 Å². The highest BCUT2D eigenvalue weighted by atomic mass is 19.3. The minimum absolute atomic E-state index is 0.230. The quantitative estimate of drug-likeness (QED) is 0.584. The molecule has 0 unspecified atom stereocenters. The van der Waals surface area contributed by atoms with Crippen molar-refractivity contribution in [1.29, 1.82) is 0 Å². The van der Waals surface area contributed by atoms with Crippen LogP contribution in [0, 0.1) is 0 Å². The molecule has 0 amide bonds. The van der Waals surface area contributed by atoms with Crippen LogP contribution >= 0.6 is 0 Å². The molecular weight excluding hydrogens is 128 g/mol. The molecule has 2 N–H and O–H groups in total. The monoisotopic (exact) mass is 139 g/mol.